The molecule has 2 aromatic rings. The Hall–Kier alpha value is -2.30. The van der Waals surface area contributed by atoms with Gasteiger partial charge in [-0.1, -0.05) is 18.2 Å². The second kappa shape index (κ2) is 4.91. The molecule has 2 N–H and O–H groups in total. The van der Waals surface area contributed by atoms with Gasteiger partial charge in [0.2, 0.25) is 0 Å². The van der Waals surface area contributed by atoms with E-state index >= 15 is 0 Å². The minimum Gasteiger partial charge on any atom is -0.478 e. The van der Waals surface area contributed by atoms with Crippen LogP contribution in [0, 0.1) is 6.92 Å². The topological polar surface area (TPSA) is 67.2 Å². The van der Waals surface area contributed by atoms with Crippen LogP contribution < -0.4 is 5.32 Å². The quantitative estimate of drug-likeness (QED) is 0.865. The van der Waals surface area contributed by atoms with Gasteiger partial charge in [-0.2, -0.15) is 5.10 Å². The Labute approximate surface area is 105 Å². The molecule has 5 heteroatoms. The molecule has 0 fully saturated rings. The van der Waals surface area contributed by atoms with Crippen LogP contribution in [0.15, 0.2) is 30.5 Å². The molecule has 0 bridgehead atoms. The number of anilines is 1. The monoisotopic (exact) mass is 245 g/mol. The average molecular weight is 245 g/mol. The molecule has 0 aliphatic rings. The van der Waals surface area contributed by atoms with Crippen molar-refractivity contribution in [1.82, 2.24) is 9.78 Å². The minimum atomic E-state index is -0.907. The number of carbonyl (C=O) groups is 1. The highest BCUT2D eigenvalue weighted by Crippen LogP contribution is 2.15. The van der Waals surface area contributed by atoms with Crippen LogP contribution >= 0.6 is 0 Å². The first-order chi connectivity index (χ1) is 8.58. The predicted octanol–water partition coefficient (Wildman–Crippen LogP) is 2.04. The molecule has 0 aliphatic heterocycles. The zero-order chi connectivity index (χ0) is 13.1. The number of carboxylic acid groups (broad SMARTS) is 1. The number of benzene rings is 1. The van der Waals surface area contributed by atoms with Gasteiger partial charge in [-0.3, -0.25) is 4.68 Å². The number of aromatic nitrogens is 2. The van der Waals surface area contributed by atoms with Crippen molar-refractivity contribution in [3.63, 3.8) is 0 Å². The van der Waals surface area contributed by atoms with Crippen molar-refractivity contribution in [3.05, 3.63) is 47.3 Å². The minimum absolute atomic E-state index is 0.326. The summed E-state index contributed by atoms with van der Waals surface area (Å²) in [4.78, 5) is 11.1. The van der Waals surface area contributed by atoms with Gasteiger partial charge in [0.1, 0.15) is 0 Å². The molecule has 5 nitrogen and oxygen atoms in total. The van der Waals surface area contributed by atoms with Crippen molar-refractivity contribution in [3.8, 4) is 0 Å². The zero-order valence-corrected chi connectivity index (χ0v) is 10.3. The van der Waals surface area contributed by atoms with E-state index in [9.17, 15) is 4.79 Å². The third-order valence-corrected chi connectivity index (χ3v) is 2.73. The summed E-state index contributed by atoms with van der Waals surface area (Å²) in [5, 5.41) is 16.5. The highest BCUT2D eigenvalue weighted by Gasteiger charge is 2.09. The van der Waals surface area contributed by atoms with Gasteiger partial charge in [0.15, 0.2) is 0 Å². The first-order valence-electron chi connectivity index (χ1n) is 5.63. The lowest BCUT2D eigenvalue weighted by Crippen LogP contribution is -2.07. The van der Waals surface area contributed by atoms with E-state index in [2.05, 4.69) is 10.4 Å². The van der Waals surface area contributed by atoms with Crippen LogP contribution in [0.2, 0.25) is 0 Å². The van der Waals surface area contributed by atoms with Gasteiger partial charge in [0.05, 0.1) is 16.9 Å². The number of carboxylic acids is 1. The van der Waals surface area contributed by atoms with Crippen molar-refractivity contribution < 1.29 is 9.90 Å². The molecular formula is C13H15N3O2. The lowest BCUT2D eigenvalue weighted by Gasteiger charge is -2.07. The molecule has 1 heterocycles. The van der Waals surface area contributed by atoms with E-state index in [1.54, 1.807) is 16.8 Å². The molecule has 0 saturated heterocycles. The van der Waals surface area contributed by atoms with Crippen LogP contribution in [0.5, 0.6) is 0 Å². The Morgan fingerprint density at radius 3 is 2.78 bits per heavy atom. The van der Waals surface area contributed by atoms with Gasteiger partial charge in [-0.05, 0) is 18.6 Å². The zero-order valence-electron chi connectivity index (χ0n) is 10.3. The highest BCUT2D eigenvalue weighted by atomic mass is 16.4. The van der Waals surface area contributed by atoms with E-state index in [0.717, 1.165) is 16.9 Å². The molecule has 1 aromatic heterocycles. The highest BCUT2D eigenvalue weighted by molar-refractivity contribution is 5.89. The van der Waals surface area contributed by atoms with Crippen molar-refractivity contribution in [2.75, 3.05) is 5.32 Å². The van der Waals surface area contributed by atoms with Crippen molar-refractivity contribution in [1.29, 1.82) is 0 Å². The molecule has 0 saturated carbocycles. The summed E-state index contributed by atoms with van der Waals surface area (Å²) in [6, 6.07) is 6.97. The number of rotatable bonds is 4. The van der Waals surface area contributed by atoms with Crippen LogP contribution in [0.4, 0.5) is 5.69 Å². The molecule has 0 spiro atoms. The first-order valence-corrected chi connectivity index (χ1v) is 5.63. The molecule has 0 amide bonds. The Bertz CT molecular complexity index is 575. The Morgan fingerprint density at radius 1 is 1.44 bits per heavy atom. The number of nitrogens with zero attached hydrogens (tertiary/aromatic N) is 2. The largest absolute Gasteiger partial charge is 0.478 e. The lowest BCUT2D eigenvalue weighted by atomic mass is 10.1. The number of hydrogen-bond donors (Lipinski definition) is 2. The molecule has 1 aromatic carbocycles. The van der Waals surface area contributed by atoms with E-state index in [0.29, 0.717) is 12.1 Å². The van der Waals surface area contributed by atoms with Crippen molar-refractivity contribution in [2.45, 2.75) is 13.5 Å². The van der Waals surface area contributed by atoms with Gasteiger partial charge in [-0.25, -0.2) is 4.79 Å². The smallest absolute Gasteiger partial charge is 0.336 e. The maximum absolute atomic E-state index is 11.1. The Morgan fingerprint density at radius 2 is 2.17 bits per heavy atom. The average Bonchev–Trinajstić information content (AvgIpc) is 2.65. The summed E-state index contributed by atoms with van der Waals surface area (Å²) in [6.45, 7) is 2.38. The van der Waals surface area contributed by atoms with Gasteiger partial charge >= 0.3 is 5.97 Å². The third-order valence-electron chi connectivity index (χ3n) is 2.73. The van der Waals surface area contributed by atoms with Gasteiger partial charge in [0, 0.05) is 19.8 Å². The molecule has 0 atom stereocenters. The van der Waals surface area contributed by atoms with Crippen LogP contribution in [-0.2, 0) is 13.6 Å². The third kappa shape index (κ3) is 2.51. The number of nitrogens with one attached hydrogen (secondary N) is 1. The SMILES string of the molecule is Cc1nn(C)cc1NCc1ccccc1C(=O)O. The second-order valence-electron chi connectivity index (χ2n) is 4.12. The summed E-state index contributed by atoms with van der Waals surface area (Å²) in [6.07, 6.45) is 1.87. The summed E-state index contributed by atoms with van der Waals surface area (Å²) >= 11 is 0. The summed E-state index contributed by atoms with van der Waals surface area (Å²) < 4.78 is 1.72. The normalized spacial score (nSPS) is 10.3. The van der Waals surface area contributed by atoms with Crippen molar-refractivity contribution >= 4 is 11.7 Å². The first kappa shape index (κ1) is 12.2. The molecule has 0 unspecified atom stereocenters. The summed E-state index contributed by atoms with van der Waals surface area (Å²) in [5.41, 5.74) is 2.89. The Balaban J connectivity index is 2.15. The lowest BCUT2D eigenvalue weighted by molar-refractivity contribution is 0.0696. The molecule has 0 radical (unpaired) electrons. The van der Waals surface area contributed by atoms with E-state index in [1.165, 1.54) is 0 Å². The van der Waals surface area contributed by atoms with E-state index in [1.807, 2.05) is 32.3 Å². The molecule has 2 rings (SSSR count). The molecular weight excluding hydrogens is 230 g/mol. The second-order valence-corrected chi connectivity index (χ2v) is 4.12. The fourth-order valence-electron chi connectivity index (χ4n) is 1.85. The fraction of sp³-hybridized carbons (Fsp3) is 0.231. The Kier molecular flexibility index (Phi) is 3.32. The number of hydrogen-bond acceptors (Lipinski definition) is 3. The number of aromatic carboxylic acids is 1. The van der Waals surface area contributed by atoms with Crippen LogP contribution in [0.3, 0.4) is 0 Å². The molecule has 18 heavy (non-hydrogen) atoms. The maximum atomic E-state index is 11.1. The predicted molar refractivity (Wildman–Crippen MR) is 68.7 cm³/mol. The summed E-state index contributed by atoms with van der Waals surface area (Å²) in [7, 11) is 1.85. The van der Waals surface area contributed by atoms with E-state index in [4.69, 9.17) is 5.11 Å². The maximum Gasteiger partial charge on any atom is 0.336 e. The van der Waals surface area contributed by atoms with Crippen molar-refractivity contribution in [2.24, 2.45) is 7.05 Å². The van der Waals surface area contributed by atoms with Gasteiger partial charge in [-0.15, -0.1) is 0 Å². The van der Waals surface area contributed by atoms with Crippen LogP contribution in [-0.4, -0.2) is 20.9 Å². The number of aryl methyl sites for hydroxylation is 2. The summed E-state index contributed by atoms with van der Waals surface area (Å²) in [5.74, 6) is -0.907. The van der Waals surface area contributed by atoms with Crippen LogP contribution in [0.25, 0.3) is 0 Å². The van der Waals surface area contributed by atoms with E-state index in [-0.39, 0.29) is 0 Å². The van der Waals surface area contributed by atoms with Gasteiger partial charge in [0.25, 0.3) is 0 Å². The molecule has 94 valence electrons. The molecule has 0 aliphatic carbocycles. The van der Waals surface area contributed by atoms with Gasteiger partial charge < -0.3 is 10.4 Å². The fourth-order valence-corrected chi connectivity index (χ4v) is 1.85. The standard InChI is InChI=1S/C13H15N3O2/c1-9-12(8-16(2)15-9)14-7-10-5-3-4-6-11(10)13(17)18/h3-6,8,14H,7H2,1-2H3,(H,17,18). The van der Waals surface area contributed by atoms with E-state index < -0.39 is 5.97 Å². The van der Waals surface area contributed by atoms with Crippen LogP contribution in [0.1, 0.15) is 21.6 Å².